The van der Waals surface area contributed by atoms with Gasteiger partial charge >= 0.3 is 6.18 Å². The predicted octanol–water partition coefficient (Wildman–Crippen LogP) is 2.39. The van der Waals surface area contributed by atoms with Crippen molar-refractivity contribution in [3.8, 4) is 11.1 Å². The van der Waals surface area contributed by atoms with E-state index in [2.05, 4.69) is 15.3 Å². The fourth-order valence-electron chi connectivity index (χ4n) is 2.47. The van der Waals surface area contributed by atoms with Crippen LogP contribution >= 0.6 is 0 Å². The van der Waals surface area contributed by atoms with Gasteiger partial charge in [-0.25, -0.2) is 9.97 Å². The van der Waals surface area contributed by atoms with Gasteiger partial charge in [-0.2, -0.15) is 13.2 Å². The average molecular weight is 294 g/mol. The highest BCUT2D eigenvalue weighted by Crippen LogP contribution is 2.36. The maximum atomic E-state index is 13.1. The van der Waals surface area contributed by atoms with E-state index >= 15 is 0 Å². The van der Waals surface area contributed by atoms with E-state index in [0.717, 1.165) is 30.3 Å². The molecule has 0 atom stereocenters. The minimum absolute atomic E-state index is 0.0509. The molecule has 3 N–H and O–H groups in total. The molecule has 0 aliphatic carbocycles. The Balaban J connectivity index is 2.12. The minimum atomic E-state index is -4.57. The summed E-state index contributed by atoms with van der Waals surface area (Å²) < 4.78 is 39.3. The van der Waals surface area contributed by atoms with Crippen LogP contribution in [0.4, 0.5) is 19.1 Å². The molecule has 2 aromatic rings. The van der Waals surface area contributed by atoms with Crippen LogP contribution in [-0.4, -0.2) is 16.5 Å². The summed E-state index contributed by atoms with van der Waals surface area (Å²) in [5, 5.41) is 3.20. The molecule has 0 saturated carbocycles. The zero-order valence-electron chi connectivity index (χ0n) is 11.0. The number of hydrogen-bond acceptors (Lipinski definition) is 4. The largest absolute Gasteiger partial charge is 0.434 e. The van der Waals surface area contributed by atoms with Crippen LogP contribution in [-0.2, 0) is 19.1 Å². The third-order valence-corrected chi connectivity index (χ3v) is 3.48. The Labute approximate surface area is 119 Å². The van der Waals surface area contributed by atoms with Crippen LogP contribution in [0.1, 0.15) is 16.8 Å². The number of aromatic nitrogens is 2. The minimum Gasteiger partial charge on any atom is -0.368 e. The number of alkyl halides is 3. The Morgan fingerprint density at radius 2 is 2.00 bits per heavy atom. The number of rotatable bonds is 1. The molecule has 0 amide bonds. The van der Waals surface area contributed by atoms with Crippen molar-refractivity contribution in [3.63, 3.8) is 0 Å². The third-order valence-electron chi connectivity index (χ3n) is 3.48. The Bertz CT molecular complexity index is 682. The lowest BCUT2D eigenvalue weighted by Crippen LogP contribution is -2.23. The second-order valence-electron chi connectivity index (χ2n) is 4.90. The van der Waals surface area contributed by atoms with Gasteiger partial charge in [-0.05, 0) is 35.7 Å². The molecule has 1 aliphatic rings. The van der Waals surface area contributed by atoms with Crippen molar-refractivity contribution >= 4 is 5.95 Å². The van der Waals surface area contributed by atoms with Gasteiger partial charge < -0.3 is 11.1 Å². The van der Waals surface area contributed by atoms with Gasteiger partial charge in [-0.1, -0.05) is 12.1 Å². The maximum absolute atomic E-state index is 13.1. The highest BCUT2D eigenvalue weighted by Gasteiger charge is 2.36. The molecule has 0 fully saturated rings. The molecule has 0 spiro atoms. The first-order valence-electron chi connectivity index (χ1n) is 6.48. The van der Waals surface area contributed by atoms with Crippen LogP contribution in [0.3, 0.4) is 0 Å². The Morgan fingerprint density at radius 3 is 2.76 bits per heavy atom. The summed E-state index contributed by atoms with van der Waals surface area (Å²) in [6.45, 7) is 1.53. The number of hydrogen-bond donors (Lipinski definition) is 2. The van der Waals surface area contributed by atoms with Crippen LogP contribution in [0.25, 0.3) is 11.1 Å². The molecule has 4 nitrogen and oxygen atoms in total. The van der Waals surface area contributed by atoms with Crippen molar-refractivity contribution in [1.29, 1.82) is 0 Å². The molecule has 1 aliphatic heterocycles. The summed E-state index contributed by atoms with van der Waals surface area (Å²) in [4.78, 5) is 7.05. The van der Waals surface area contributed by atoms with Gasteiger partial charge in [0.25, 0.3) is 0 Å². The Kier molecular flexibility index (Phi) is 3.29. The molecule has 7 heteroatoms. The maximum Gasteiger partial charge on any atom is 0.434 e. The van der Waals surface area contributed by atoms with Gasteiger partial charge in [-0.15, -0.1) is 0 Å². The van der Waals surface area contributed by atoms with Crippen LogP contribution < -0.4 is 11.1 Å². The first-order chi connectivity index (χ1) is 9.95. The highest BCUT2D eigenvalue weighted by atomic mass is 19.4. The normalized spacial score (nSPS) is 14.8. The smallest absolute Gasteiger partial charge is 0.368 e. The number of nitrogen functional groups attached to an aromatic ring is 1. The third kappa shape index (κ3) is 2.69. The second kappa shape index (κ2) is 5.00. The van der Waals surface area contributed by atoms with E-state index in [1.807, 2.05) is 6.07 Å². The first-order valence-corrected chi connectivity index (χ1v) is 6.48. The predicted molar refractivity (Wildman–Crippen MR) is 72.3 cm³/mol. The van der Waals surface area contributed by atoms with Gasteiger partial charge in [0.1, 0.15) is 0 Å². The van der Waals surface area contributed by atoms with Gasteiger partial charge in [-0.3, -0.25) is 0 Å². The SMILES string of the molecule is Nc1ncc(-c2ccc3c(c2)CNCC3)c(C(F)(F)F)n1. The van der Waals surface area contributed by atoms with E-state index in [4.69, 9.17) is 5.73 Å². The molecule has 21 heavy (non-hydrogen) atoms. The number of fused-ring (bicyclic) bond motifs is 1. The number of nitrogens with two attached hydrogens (primary N) is 1. The van der Waals surface area contributed by atoms with E-state index in [0.29, 0.717) is 12.1 Å². The van der Waals surface area contributed by atoms with Crippen molar-refractivity contribution in [1.82, 2.24) is 15.3 Å². The summed E-state index contributed by atoms with van der Waals surface area (Å²) in [7, 11) is 0. The highest BCUT2D eigenvalue weighted by molar-refractivity contribution is 5.67. The number of nitrogens with one attached hydrogen (secondary N) is 1. The standard InChI is InChI=1S/C14H13F3N4/c15-14(16,17)12-11(7-20-13(18)21-12)9-2-1-8-3-4-19-6-10(8)5-9/h1-2,5,7,19H,3-4,6H2,(H2,18,20,21). The molecule has 0 radical (unpaired) electrons. The number of nitrogens with zero attached hydrogens (tertiary/aromatic N) is 2. The molecule has 0 bridgehead atoms. The first kappa shape index (κ1) is 13.8. The molecular formula is C14H13F3N4. The van der Waals surface area contributed by atoms with Crippen molar-refractivity contribution in [2.75, 3.05) is 12.3 Å². The summed E-state index contributed by atoms with van der Waals surface area (Å²) in [5.74, 6) is -0.384. The van der Waals surface area contributed by atoms with Gasteiger partial charge in [0.2, 0.25) is 5.95 Å². The Hall–Kier alpha value is -2.15. The van der Waals surface area contributed by atoms with Crippen LogP contribution in [0.15, 0.2) is 24.4 Å². The average Bonchev–Trinajstić information content (AvgIpc) is 2.46. The summed E-state index contributed by atoms with van der Waals surface area (Å²) >= 11 is 0. The zero-order chi connectivity index (χ0) is 15.0. The topological polar surface area (TPSA) is 63.8 Å². The number of benzene rings is 1. The van der Waals surface area contributed by atoms with Crippen LogP contribution in [0.2, 0.25) is 0 Å². The zero-order valence-corrected chi connectivity index (χ0v) is 11.0. The molecule has 110 valence electrons. The van der Waals surface area contributed by atoms with Crippen molar-refractivity contribution in [2.24, 2.45) is 0 Å². The van der Waals surface area contributed by atoms with Gasteiger partial charge in [0, 0.05) is 18.3 Å². The van der Waals surface area contributed by atoms with Crippen molar-refractivity contribution in [2.45, 2.75) is 19.1 Å². The Morgan fingerprint density at radius 1 is 1.19 bits per heavy atom. The second-order valence-corrected chi connectivity index (χ2v) is 4.90. The summed E-state index contributed by atoms with van der Waals surface area (Å²) in [6.07, 6.45) is -2.57. The van der Waals surface area contributed by atoms with E-state index in [9.17, 15) is 13.2 Å². The quantitative estimate of drug-likeness (QED) is 0.847. The number of halogens is 3. The van der Waals surface area contributed by atoms with Crippen LogP contribution in [0, 0.1) is 0 Å². The van der Waals surface area contributed by atoms with Gasteiger partial charge in [0.15, 0.2) is 5.69 Å². The molecule has 2 heterocycles. The van der Waals surface area contributed by atoms with Crippen LogP contribution in [0.5, 0.6) is 0 Å². The van der Waals surface area contributed by atoms with Gasteiger partial charge in [0.05, 0.1) is 0 Å². The lowest BCUT2D eigenvalue weighted by molar-refractivity contribution is -0.140. The molecular weight excluding hydrogens is 281 g/mol. The summed E-state index contributed by atoms with van der Waals surface area (Å²) in [6, 6.07) is 5.29. The molecule has 0 unspecified atom stereocenters. The van der Waals surface area contributed by atoms with E-state index < -0.39 is 11.9 Å². The fraction of sp³-hybridized carbons (Fsp3) is 0.286. The van der Waals surface area contributed by atoms with Crippen molar-refractivity contribution in [3.05, 3.63) is 41.2 Å². The molecule has 0 saturated heterocycles. The molecule has 1 aromatic carbocycles. The van der Waals surface area contributed by atoms with E-state index in [-0.39, 0.29) is 11.5 Å². The molecule has 3 rings (SSSR count). The number of anilines is 1. The van der Waals surface area contributed by atoms with Crippen molar-refractivity contribution < 1.29 is 13.2 Å². The lowest BCUT2D eigenvalue weighted by Gasteiger charge is -2.19. The van der Waals surface area contributed by atoms with E-state index in [1.54, 1.807) is 12.1 Å². The lowest BCUT2D eigenvalue weighted by atomic mass is 9.95. The molecule has 1 aromatic heterocycles. The monoisotopic (exact) mass is 294 g/mol. The fourth-order valence-corrected chi connectivity index (χ4v) is 2.47. The summed E-state index contributed by atoms with van der Waals surface area (Å²) in [5.41, 5.74) is 6.84. The van der Waals surface area contributed by atoms with E-state index in [1.165, 1.54) is 0 Å².